The van der Waals surface area contributed by atoms with Gasteiger partial charge in [0.05, 0.1) is 22.6 Å². The molecule has 1 fully saturated rings. The molecule has 0 aromatic heterocycles. The average molecular weight is 450 g/mol. The molecule has 5 nitrogen and oxygen atoms in total. The molecule has 0 saturated carbocycles. The Hall–Kier alpha value is -2.15. The Kier molecular flexibility index (Phi) is 7.57. The van der Waals surface area contributed by atoms with Crippen LogP contribution < -0.4 is 10.1 Å². The highest BCUT2D eigenvalue weighted by molar-refractivity contribution is 6.32. The standard InChI is InChI=1S/C24H29ClFNO4/c1-23(2,29-3)10-15-31-21-9-8-19(16-20(21)25)27-22(28)24(11-13-30-14-12-24)17-4-6-18(26)7-5-17/h4-9,16H,10-15H2,1-3H3,(H,27,28). The zero-order chi connectivity index (χ0) is 22.5. The lowest BCUT2D eigenvalue weighted by atomic mass is 9.73. The number of methoxy groups -OCH3 is 1. The quantitative estimate of drug-likeness (QED) is 0.589. The van der Waals surface area contributed by atoms with Crippen molar-refractivity contribution in [1.82, 2.24) is 0 Å². The van der Waals surface area contributed by atoms with Crippen molar-refractivity contribution in [2.45, 2.75) is 44.1 Å². The summed E-state index contributed by atoms with van der Waals surface area (Å²) in [5.41, 5.74) is 0.298. The number of carbonyl (C=O) groups is 1. The first-order valence-electron chi connectivity index (χ1n) is 10.4. The largest absolute Gasteiger partial charge is 0.492 e. The van der Waals surface area contributed by atoms with Crippen molar-refractivity contribution in [1.29, 1.82) is 0 Å². The van der Waals surface area contributed by atoms with Gasteiger partial charge in [-0.15, -0.1) is 0 Å². The average Bonchev–Trinajstić information content (AvgIpc) is 2.76. The van der Waals surface area contributed by atoms with E-state index in [0.717, 1.165) is 5.56 Å². The number of hydrogen-bond donors (Lipinski definition) is 1. The molecule has 1 aliphatic rings. The molecular weight excluding hydrogens is 421 g/mol. The molecule has 0 aliphatic carbocycles. The van der Waals surface area contributed by atoms with Gasteiger partial charge in [0.15, 0.2) is 0 Å². The summed E-state index contributed by atoms with van der Waals surface area (Å²) in [5.74, 6) is 0.0579. The number of anilines is 1. The van der Waals surface area contributed by atoms with E-state index in [4.69, 9.17) is 25.8 Å². The van der Waals surface area contributed by atoms with Crippen LogP contribution in [0.4, 0.5) is 10.1 Å². The Morgan fingerprint density at radius 2 is 1.87 bits per heavy atom. The Labute approximate surface area is 187 Å². The van der Waals surface area contributed by atoms with Gasteiger partial charge in [0.25, 0.3) is 0 Å². The van der Waals surface area contributed by atoms with Crippen molar-refractivity contribution in [3.8, 4) is 5.75 Å². The van der Waals surface area contributed by atoms with Crippen molar-refractivity contribution < 1.29 is 23.4 Å². The summed E-state index contributed by atoms with van der Waals surface area (Å²) in [5, 5.41) is 3.39. The maximum Gasteiger partial charge on any atom is 0.235 e. The van der Waals surface area contributed by atoms with Crippen molar-refractivity contribution in [3.05, 3.63) is 58.9 Å². The molecule has 1 N–H and O–H groups in total. The molecule has 0 unspecified atom stereocenters. The molecule has 1 heterocycles. The molecule has 1 amide bonds. The zero-order valence-corrected chi connectivity index (χ0v) is 18.9. The van der Waals surface area contributed by atoms with Crippen LogP contribution in [-0.2, 0) is 19.7 Å². The lowest BCUT2D eigenvalue weighted by Gasteiger charge is -2.36. The SMILES string of the molecule is COC(C)(C)CCOc1ccc(NC(=O)C2(c3ccc(F)cc3)CCOCC2)cc1Cl. The van der Waals surface area contributed by atoms with Crippen LogP contribution in [-0.4, -0.2) is 38.4 Å². The van der Waals surface area contributed by atoms with E-state index >= 15 is 0 Å². The van der Waals surface area contributed by atoms with E-state index < -0.39 is 5.41 Å². The molecule has 3 rings (SSSR count). The van der Waals surface area contributed by atoms with Gasteiger partial charge in [-0.3, -0.25) is 4.79 Å². The van der Waals surface area contributed by atoms with Crippen molar-refractivity contribution in [2.75, 3.05) is 32.2 Å². The molecule has 2 aromatic rings. The molecule has 1 saturated heterocycles. The second kappa shape index (κ2) is 9.98. The van der Waals surface area contributed by atoms with Crippen LogP contribution in [0.3, 0.4) is 0 Å². The fourth-order valence-electron chi connectivity index (χ4n) is 3.59. The van der Waals surface area contributed by atoms with Crippen LogP contribution in [0, 0.1) is 5.82 Å². The third-order valence-electron chi connectivity index (χ3n) is 5.88. The van der Waals surface area contributed by atoms with E-state index in [2.05, 4.69) is 5.32 Å². The first-order valence-corrected chi connectivity index (χ1v) is 10.8. The van der Waals surface area contributed by atoms with Crippen molar-refractivity contribution in [3.63, 3.8) is 0 Å². The number of amides is 1. The molecule has 0 spiro atoms. The normalized spacial score (nSPS) is 16.0. The fourth-order valence-corrected chi connectivity index (χ4v) is 3.83. The van der Waals surface area contributed by atoms with Crippen molar-refractivity contribution in [2.24, 2.45) is 0 Å². The summed E-state index contributed by atoms with van der Waals surface area (Å²) in [6.45, 7) is 5.37. The van der Waals surface area contributed by atoms with E-state index in [9.17, 15) is 9.18 Å². The Morgan fingerprint density at radius 1 is 1.19 bits per heavy atom. The Bertz CT molecular complexity index is 895. The summed E-state index contributed by atoms with van der Waals surface area (Å²) in [6, 6.07) is 11.3. The predicted molar refractivity (Wildman–Crippen MR) is 119 cm³/mol. The maximum atomic E-state index is 13.4. The highest BCUT2D eigenvalue weighted by Gasteiger charge is 2.41. The van der Waals surface area contributed by atoms with Gasteiger partial charge in [-0.05, 0) is 62.6 Å². The Balaban J connectivity index is 1.72. The van der Waals surface area contributed by atoms with E-state index in [-0.39, 0.29) is 17.3 Å². The molecule has 2 aromatic carbocycles. The highest BCUT2D eigenvalue weighted by Crippen LogP contribution is 2.37. The summed E-state index contributed by atoms with van der Waals surface area (Å²) in [7, 11) is 1.67. The van der Waals surface area contributed by atoms with Crippen LogP contribution in [0.15, 0.2) is 42.5 Å². The van der Waals surface area contributed by atoms with Gasteiger partial charge < -0.3 is 19.5 Å². The number of benzene rings is 2. The fraction of sp³-hybridized carbons (Fsp3) is 0.458. The van der Waals surface area contributed by atoms with Gasteiger partial charge >= 0.3 is 0 Å². The monoisotopic (exact) mass is 449 g/mol. The number of ether oxygens (including phenoxy) is 3. The van der Waals surface area contributed by atoms with Crippen LogP contribution in [0.5, 0.6) is 5.75 Å². The first-order chi connectivity index (χ1) is 14.8. The van der Waals surface area contributed by atoms with Gasteiger partial charge in [0.2, 0.25) is 5.91 Å². The number of nitrogens with one attached hydrogen (secondary N) is 1. The second-order valence-electron chi connectivity index (χ2n) is 8.36. The first kappa shape index (κ1) is 23.5. The van der Waals surface area contributed by atoms with Crippen LogP contribution in [0.2, 0.25) is 5.02 Å². The van der Waals surface area contributed by atoms with E-state index in [0.29, 0.717) is 55.5 Å². The lowest BCUT2D eigenvalue weighted by molar-refractivity contribution is -0.125. The minimum atomic E-state index is -0.778. The molecule has 7 heteroatoms. The minimum absolute atomic E-state index is 0.158. The predicted octanol–water partition coefficient (Wildman–Crippen LogP) is 5.36. The zero-order valence-electron chi connectivity index (χ0n) is 18.2. The molecular formula is C24H29ClFNO4. The van der Waals surface area contributed by atoms with Crippen LogP contribution >= 0.6 is 11.6 Å². The lowest BCUT2D eigenvalue weighted by Crippen LogP contribution is -2.44. The Morgan fingerprint density at radius 3 is 2.48 bits per heavy atom. The van der Waals surface area contributed by atoms with Gasteiger partial charge in [-0.2, -0.15) is 0 Å². The van der Waals surface area contributed by atoms with Gasteiger partial charge in [-0.25, -0.2) is 4.39 Å². The number of rotatable bonds is 8. The summed E-state index contributed by atoms with van der Waals surface area (Å²) < 4.78 is 30.1. The van der Waals surface area contributed by atoms with E-state index in [1.807, 2.05) is 13.8 Å². The molecule has 1 aliphatic heterocycles. The summed E-state index contributed by atoms with van der Waals surface area (Å²) >= 11 is 6.38. The van der Waals surface area contributed by atoms with E-state index in [1.54, 1.807) is 37.4 Å². The molecule has 0 bridgehead atoms. The van der Waals surface area contributed by atoms with Crippen LogP contribution in [0.1, 0.15) is 38.7 Å². The van der Waals surface area contributed by atoms with Crippen LogP contribution in [0.25, 0.3) is 0 Å². The maximum absolute atomic E-state index is 13.4. The van der Waals surface area contributed by atoms with Gasteiger partial charge in [0.1, 0.15) is 11.6 Å². The number of hydrogen-bond acceptors (Lipinski definition) is 4. The third-order valence-corrected chi connectivity index (χ3v) is 6.18. The third kappa shape index (κ3) is 5.76. The van der Waals surface area contributed by atoms with Crippen molar-refractivity contribution >= 4 is 23.2 Å². The second-order valence-corrected chi connectivity index (χ2v) is 8.77. The number of halogens is 2. The van der Waals surface area contributed by atoms with E-state index in [1.165, 1.54) is 12.1 Å². The molecule has 0 radical (unpaired) electrons. The summed E-state index contributed by atoms with van der Waals surface area (Å²) in [4.78, 5) is 13.3. The smallest absolute Gasteiger partial charge is 0.235 e. The molecule has 0 atom stereocenters. The van der Waals surface area contributed by atoms with Gasteiger partial charge in [-0.1, -0.05) is 23.7 Å². The summed E-state index contributed by atoms with van der Waals surface area (Å²) in [6.07, 6.45) is 1.75. The number of carbonyl (C=O) groups excluding carboxylic acids is 1. The van der Waals surface area contributed by atoms with Gasteiger partial charge in [0, 0.05) is 32.4 Å². The molecule has 31 heavy (non-hydrogen) atoms. The molecule has 168 valence electrons. The topological polar surface area (TPSA) is 56.8 Å². The minimum Gasteiger partial charge on any atom is -0.492 e. The highest BCUT2D eigenvalue weighted by atomic mass is 35.5.